The van der Waals surface area contributed by atoms with Crippen molar-refractivity contribution >= 4 is 0 Å². The van der Waals surface area contributed by atoms with Crippen LogP contribution < -0.4 is 4.57 Å². The van der Waals surface area contributed by atoms with Gasteiger partial charge in [-0.1, -0.05) is 74.9 Å². The lowest BCUT2D eigenvalue weighted by atomic mass is 10.1. The molecule has 1 aromatic carbocycles. The van der Waals surface area contributed by atoms with Gasteiger partial charge in [0.1, 0.15) is 6.54 Å². The average molecular weight is 341 g/mol. The van der Waals surface area contributed by atoms with Gasteiger partial charge < -0.3 is 5.11 Å². The van der Waals surface area contributed by atoms with E-state index in [0.717, 1.165) is 19.4 Å². The fraction of sp³-hybridized carbons (Fsp3) is 0.522. The van der Waals surface area contributed by atoms with E-state index in [9.17, 15) is 0 Å². The molecule has 0 bridgehead atoms. The highest BCUT2D eigenvalue weighted by molar-refractivity contribution is 5.19. The van der Waals surface area contributed by atoms with Gasteiger partial charge >= 0.3 is 0 Å². The number of benzene rings is 1. The molecule has 136 valence electrons. The number of nitrogens with zero attached hydrogens (tertiary/aromatic N) is 1. The average Bonchev–Trinajstić information content (AvgIpc) is 2.65. The van der Waals surface area contributed by atoms with Crippen molar-refractivity contribution in [1.82, 2.24) is 0 Å². The number of aryl methyl sites for hydroxylation is 1. The topological polar surface area (TPSA) is 24.1 Å². The van der Waals surface area contributed by atoms with Gasteiger partial charge in [-0.2, -0.15) is 0 Å². The van der Waals surface area contributed by atoms with Gasteiger partial charge in [0.05, 0.1) is 6.42 Å². The van der Waals surface area contributed by atoms with E-state index in [0.29, 0.717) is 6.61 Å². The number of hydrogen-bond acceptors (Lipinski definition) is 1. The van der Waals surface area contributed by atoms with E-state index in [1.165, 1.54) is 62.6 Å². The van der Waals surface area contributed by atoms with Gasteiger partial charge in [0.2, 0.25) is 0 Å². The lowest BCUT2D eigenvalue weighted by Gasteiger charge is -2.05. The second-order valence-electron chi connectivity index (χ2n) is 6.95. The third-order valence-corrected chi connectivity index (χ3v) is 4.82. The van der Waals surface area contributed by atoms with Crippen molar-refractivity contribution in [2.45, 2.75) is 70.8 Å². The lowest BCUT2D eigenvalue weighted by molar-refractivity contribution is -0.704. The van der Waals surface area contributed by atoms with Crippen LogP contribution in [0.25, 0.3) is 0 Å². The number of hydrogen-bond donors (Lipinski definition) is 1. The van der Waals surface area contributed by atoms with Crippen molar-refractivity contribution in [1.29, 1.82) is 0 Å². The highest BCUT2D eigenvalue weighted by atomic mass is 16.2. The second-order valence-corrected chi connectivity index (χ2v) is 6.95. The van der Waals surface area contributed by atoms with Crippen molar-refractivity contribution in [2.75, 3.05) is 6.61 Å². The highest BCUT2D eigenvalue weighted by Gasteiger charge is 2.09. The van der Waals surface area contributed by atoms with Crippen LogP contribution in [-0.2, 0) is 13.0 Å². The molecule has 0 saturated carbocycles. The number of aliphatic hydroxyl groups excluding tert-OH is 1. The van der Waals surface area contributed by atoms with Crippen LogP contribution >= 0.6 is 0 Å². The molecule has 0 fully saturated rings. The zero-order valence-electron chi connectivity index (χ0n) is 15.6. The van der Waals surface area contributed by atoms with Gasteiger partial charge in [-0.3, -0.25) is 0 Å². The Bertz CT molecular complexity index is 567. The molecule has 1 aromatic heterocycles. The largest absolute Gasteiger partial charge is 0.396 e. The van der Waals surface area contributed by atoms with Crippen molar-refractivity contribution in [3.63, 3.8) is 0 Å². The number of unbranched alkanes of at least 4 members (excludes halogenated alkanes) is 8. The Hall–Kier alpha value is -1.67. The normalized spacial score (nSPS) is 10.9. The van der Waals surface area contributed by atoms with Crippen molar-refractivity contribution < 1.29 is 9.67 Å². The van der Waals surface area contributed by atoms with Gasteiger partial charge in [0, 0.05) is 25.2 Å². The van der Waals surface area contributed by atoms with E-state index in [1.807, 2.05) is 0 Å². The van der Waals surface area contributed by atoms with Crippen LogP contribution in [0.4, 0.5) is 0 Å². The first-order chi connectivity index (χ1) is 12.4. The molecular weight excluding hydrogens is 306 g/mol. The minimum Gasteiger partial charge on any atom is -0.396 e. The van der Waals surface area contributed by atoms with Gasteiger partial charge in [-0.25, -0.2) is 4.57 Å². The van der Waals surface area contributed by atoms with Crippen molar-refractivity contribution in [2.24, 2.45) is 0 Å². The summed E-state index contributed by atoms with van der Waals surface area (Å²) in [4.78, 5) is 0. The number of aromatic nitrogens is 1. The molecule has 2 nitrogen and oxygen atoms in total. The SMILES string of the molecule is OCCCCCCCCCCC[n+]1ccccc1Cc1ccccc1. The van der Waals surface area contributed by atoms with E-state index >= 15 is 0 Å². The summed E-state index contributed by atoms with van der Waals surface area (Å²) < 4.78 is 2.42. The first-order valence-electron chi connectivity index (χ1n) is 10.0. The summed E-state index contributed by atoms with van der Waals surface area (Å²) in [6.07, 6.45) is 14.6. The van der Waals surface area contributed by atoms with Crippen LogP contribution in [0.15, 0.2) is 54.7 Å². The molecule has 2 rings (SSSR count). The Balaban J connectivity index is 1.63. The molecule has 0 aliphatic heterocycles. The highest BCUT2D eigenvalue weighted by Crippen LogP contribution is 2.10. The van der Waals surface area contributed by atoms with E-state index in [2.05, 4.69) is 59.3 Å². The van der Waals surface area contributed by atoms with Crippen LogP contribution in [0.5, 0.6) is 0 Å². The van der Waals surface area contributed by atoms with Crippen LogP contribution in [-0.4, -0.2) is 11.7 Å². The van der Waals surface area contributed by atoms with E-state index < -0.39 is 0 Å². The Labute approximate surface area is 153 Å². The number of rotatable bonds is 13. The lowest BCUT2D eigenvalue weighted by Crippen LogP contribution is -2.38. The molecule has 0 saturated heterocycles. The number of aliphatic hydroxyl groups is 1. The predicted molar refractivity (Wildman–Crippen MR) is 105 cm³/mol. The van der Waals surface area contributed by atoms with E-state index in [1.54, 1.807) is 0 Å². The minimum atomic E-state index is 0.351. The van der Waals surface area contributed by atoms with E-state index in [-0.39, 0.29) is 0 Å². The Kier molecular flexibility index (Phi) is 9.95. The second kappa shape index (κ2) is 12.7. The van der Waals surface area contributed by atoms with Crippen LogP contribution in [0, 0.1) is 0 Å². The molecule has 0 radical (unpaired) electrons. The monoisotopic (exact) mass is 340 g/mol. The third-order valence-electron chi connectivity index (χ3n) is 4.82. The van der Waals surface area contributed by atoms with Gasteiger partial charge in [0.15, 0.2) is 11.9 Å². The first-order valence-corrected chi connectivity index (χ1v) is 10.0. The summed E-state index contributed by atoms with van der Waals surface area (Å²) in [7, 11) is 0. The quantitative estimate of drug-likeness (QED) is 0.399. The van der Waals surface area contributed by atoms with Crippen LogP contribution in [0.1, 0.15) is 69.0 Å². The zero-order chi connectivity index (χ0) is 17.6. The fourth-order valence-corrected chi connectivity index (χ4v) is 3.33. The van der Waals surface area contributed by atoms with Crippen molar-refractivity contribution in [3.8, 4) is 0 Å². The summed E-state index contributed by atoms with van der Waals surface area (Å²) >= 11 is 0. The van der Waals surface area contributed by atoms with Gasteiger partial charge in [-0.15, -0.1) is 0 Å². The Morgan fingerprint density at radius 3 is 1.92 bits per heavy atom. The standard InChI is InChI=1S/C23H34NO/c25-20-14-7-5-3-1-2-4-6-12-18-24-19-13-11-17-23(24)21-22-15-9-8-10-16-22/h8-11,13,15-17,19,25H,1-7,12,14,18,20-21H2/q+1. The maximum Gasteiger partial charge on any atom is 0.185 e. The van der Waals surface area contributed by atoms with E-state index in [4.69, 9.17) is 5.11 Å². The third kappa shape index (κ3) is 8.31. The molecule has 0 spiro atoms. The Morgan fingerprint density at radius 2 is 1.24 bits per heavy atom. The molecule has 0 unspecified atom stereocenters. The molecule has 0 amide bonds. The van der Waals surface area contributed by atoms with Gasteiger partial charge in [0.25, 0.3) is 0 Å². The van der Waals surface area contributed by atoms with Crippen molar-refractivity contribution in [3.05, 3.63) is 66.0 Å². The summed E-state index contributed by atoms with van der Waals surface area (Å²) in [5, 5.41) is 8.76. The maximum atomic E-state index is 8.76. The number of pyridine rings is 1. The molecule has 1 heterocycles. The summed E-state index contributed by atoms with van der Waals surface area (Å²) in [6.45, 7) is 1.48. The van der Waals surface area contributed by atoms with Crippen LogP contribution in [0.2, 0.25) is 0 Å². The molecule has 0 atom stereocenters. The molecule has 2 heteroatoms. The maximum absolute atomic E-state index is 8.76. The summed E-state index contributed by atoms with van der Waals surface area (Å²) in [5.74, 6) is 0. The Morgan fingerprint density at radius 1 is 0.640 bits per heavy atom. The first kappa shape index (κ1) is 19.7. The molecular formula is C23H34NO+. The molecule has 0 aliphatic carbocycles. The minimum absolute atomic E-state index is 0.351. The smallest absolute Gasteiger partial charge is 0.185 e. The fourth-order valence-electron chi connectivity index (χ4n) is 3.33. The molecule has 1 N–H and O–H groups in total. The summed E-state index contributed by atoms with van der Waals surface area (Å²) in [5.41, 5.74) is 2.78. The zero-order valence-corrected chi connectivity index (χ0v) is 15.6. The molecule has 2 aromatic rings. The van der Waals surface area contributed by atoms with Crippen LogP contribution in [0.3, 0.4) is 0 Å². The molecule has 0 aliphatic rings. The van der Waals surface area contributed by atoms with Gasteiger partial charge in [-0.05, 0) is 18.4 Å². The predicted octanol–water partition coefficient (Wildman–Crippen LogP) is 5.07. The molecule has 25 heavy (non-hydrogen) atoms. The summed E-state index contributed by atoms with van der Waals surface area (Å²) in [6, 6.07) is 17.3.